The molecule has 0 saturated heterocycles. The fraction of sp³-hybridized carbons (Fsp3) is 0.375. The van der Waals surface area contributed by atoms with Gasteiger partial charge in [0.1, 0.15) is 5.82 Å². The third-order valence-corrected chi connectivity index (χ3v) is 4.05. The van der Waals surface area contributed by atoms with E-state index in [4.69, 9.17) is 0 Å². The average molecular weight is 258 g/mol. The molecule has 2 aliphatic rings. The monoisotopic (exact) mass is 258 g/mol. The topological polar surface area (TPSA) is 24.1 Å². The van der Waals surface area contributed by atoms with Gasteiger partial charge in [-0.25, -0.2) is 4.39 Å². The highest BCUT2D eigenvalue weighted by molar-refractivity contribution is 5.72. The predicted octanol–water partition coefficient (Wildman–Crippen LogP) is 3.39. The molecule has 1 aromatic rings. The molecule has 2 nitrogen and oxygen atoms in total. The minimum Gasteiger partial charge on any atom is -0.372 e. The molecule has 19 heavy (non-hydrogen) atoms. The second kappa shape index (κ2) is 5.08. The second-order valence-corrected chi connectivity index (χ2v) is 5.37. The molecule has 0 spiro atoms. The van der Waals surface area contributed by atoms with Crippen molar-refractivity contribution in [3.8, 4) is 0 Å². The Kier molecular flexibility index (Phi) is 3.28. The summed E-state index contributed by atoms with van der Waals surface area (Å²) in [6.45, 7) is 3.03. The highest BCUT2D eigenvalue weighted by Crippen LogP contribution is 2.41. The first-order valence-electron chi connectivity index (χ1n) is 6.86. The van der Waals surface area contributed by atoms with Crippen LogP contribution in [0.5, 0.6) is 0 Å². The van der Waals surface area contributed by atoms with Gasteiger partial charge in [0.25, 0.3) is 0 Å². The molecule has 0 fully saturated rings. The lowest BCUT2D eigenvalue weighted by Crippen LogP contribution is -2.15. The van der Waals surface area contributed by atoms with E-state index in [1.807, 2.05) is 12.1 Å². The van der Waals surface area contributed by atoms with E-state index in [9.17, 15) is 4.39 Å². The first kappa shape index (κ1) is 12.3. The Bertz CT molecular complexity index is 528. The van der Waals surface area contributed by atoms with Crippen molar-refractivity contribution in [1.29, 1.82) is 0 Å². The molecule has 1 aromatic carbocycles. The van der Waals surface area contributed by atoms with Crippen LogP contribution in [0.25, 0.3) is 5.57 Å². The lowest BCUT2D eigenvalue weighted by atomic mass is 9.90. The summed E-state index contributed by atoms with van der Waals surface area (Å²) in [4.78, 5) is 0. The Hall–Kier alpha value is -1.77. The maximum Gasteiger partial charge on any atom is 0.123 e. The van der Waals surface area contributed by atoms with E-state index in [1.54, 1.807) is 12.1 Å². The maximum absolute atomic E-state index is 13.1. The summed E-state index contributed by atoms with van der Waals surface area (Å²) in [6.07, 6.45) is 5.45. The fourth-order valence-corrected chi connectivity index (χ4v) is 3.12. The van der Waals surface area contributed by atoms with Crippen LogP contribution in [0.1, 0.15) is 31.7 Å². The van der Waals surface area contributed by atoms with Gasteiger partial charge in [-0.1, -0.05) is 17.7 Å². The van der Waals surface area contributed by atoms with Gasteiger partial charge in [0.05, 0.1) is 6.67 Å². The van der Waals surface area contributed by atoms with Crippen molar-refractivity contribution in [3.05, 3.63) is 53.1 Å². The minimum absolute atomic E-state index is 0.166. The molecule has 2 N–H and O–H groups in total. The SMILES string of the molecule is CC1=C(c2ccc(F)cc2)C(CC2=CNCN2)CC1. The van der Waals surface area contributed by atoms with Gasteiger partial charge >= 0.3 is 0 Å². The van der Waals surface area contributed by atoms with E-state index in [0.29, 0.717) is 5.92 Å². The van der Waals surface area contributed by atoms with Crippen LogP contribution < -0.4 is 10.6 Å². The first-order valence-corrected chi connectivity index (χ1v) is 6.86. The largest absolute Gasteiger partial charge is 0.372 e. The van der Waals surface area contributed by atoms with Crippen LogP contribution in [0, 0.1) is 11.7 Å². The summed E-state index contributed by atoms with van der Waals surface area (Å²) in [5.41, 5.74) is 5.31. The minimum atomic E-state index is -0.166. The van der Waals surface area contributed by atoms with Crippen LogP contribution >= 0.6 is 0 Å². The average Bonchev–Trinajstić information content (AvgIpc) is 3.02. The van der Waals surface area contributed by atoms with Crippen molar-refractivity contribution >= 4 is 5.57 Å². The molecule has 100 valence electrons. The van der Waals surface area contributed by atoms with Crippen LogP contribution in [-0.2, 0) is 0 Å². The zero-order chi connectivity index (χ0) is 13.2. The van der Waals surface area contributed by atoms with Gasteiger partial charge in [0.2, 0.25) is 0 Å². The fourth-order valence-electron chi connectivity index (χ4n) is 3.12. The molecule has 0 amide bonds. The molecule has 3 rings (SSSR count). The Morgan fingerprint density at radius 3 is 2.74 bits per heavy atom. The van der Waals surface area contributed by atoms with Crippen LogP contribution in [0.15, 0.2) is 41.7 Å². The number of nitrogens with one attached hydrogen (secondary N) is 2. The van der Waals surface area contributed by atoms with Crippen LogP contribution in [0.2, 0.25) is 0 Å². The molecule has 1 atom stereocenters. The van der Waals surface area contributed by atoms with Crippen LogP contribution in [0.4, 0.5) is 4.39 Å². The number of allylic oxidation sites excluding steroid dienone is 3. The molecule has 1 heterocycles. The van der Waals surface area contributed by atoms with Gasteiger partial charge in [-0.05, 0) is 55.4 Å². The predicted molar refractivity (Wildman–Crippen MR) is 75.6 cm³/mol. The molecule has 0 radical (unpaired) electrons. The second-order valence-electron chi connectivity index (χ2n) is 5.37. The van der Waals surface area contributed by atoms with E-state index < -0.39 is 0 Å². The summed E-state index contributed by atoms with van der Waals surface area (Å²) >= 11 is 0. The summed E-state index contributed by atoms with van der Waals surface area (Å²) in [6, 6.07) is 6.92. The van der Waals surface area contributed by atoms with Crippen molar-refractivity contribution in [3.63, 3.8) is 0 Å². The molecular weight excluding hydrogens is 239 g/mol. The maximum atomic E-state index is 13.1. The summed E-state index contributed by atoms with van der Waals surface area (Å²) in [7, 11) is 0. The molecule has 1 aliphatic heterocycles. The highest BCUT2D eigenvalue weighted by Gasteiger charge is 2.25. The normalized spacial score (nSPS) is 22.2. The molecule has 0 bridgehead atoms. The molecular formula is C16H19FN2. The Labute approximate surface area is 113 Å². The molecule has 1 aliphatic carbocycles. The third-order valence-electron chi connectivity index (χ3n) is 4.05. The third kappa shape index (κ3) is 2.50. The van der Waals surface area contributed by atoms with Crippen molar-refractivity contribution < 1.29 is 4.39 Å². The summed E-state index contributed by atoms with van der Waals surface area (Å²) in [5, 5.41) is 6.53. The van der Waals surface area contributed by atoms with Crippen molar-refractivity contribution in [2.45, 2.75) is 26.2 Å². The van der Waals surface area contributed by atoms with Gasteiger partial charge in [0, 0.05) is 11.9 Å². The number of hydrogen-bond acceptors (Lipinski definition) is 2. The van der Waals surface area contributed by atoms with E-state index in [0.717, 1.165) is 19.5 Å². The standard InChI is InChI=1S/C16H19FN2/c1-11-2-3-13(8-15-9-18-10-19-15)16(11)12-4-6-14(17)7-5-12/h4-7,9,13,18-19H,2-3,8,10H2,1H3. The van der Waals surface area contributed by atoms with Gasteiger partial charge in [0.15, 0.2) is 0 Å². The number of rotatable bonds is 3. The van der Waals surface area contributed by atoms with E-state index >= 15 is 0 Å². The summed E-state index contributed by atoms with van der Waals surface area (Å²) < 4.78 is 13.1. The summed E-state index contributed by atoms with van der Waals surface area (Å²) in [5.74, 6) is 0.380. The zero-order valence-corrected chi connectivity index (χ0v) is 11.2. The van der Waals surface area contributed by atoms with E-state index in [-0.39, 0.29) is 5.82 Å². The lowest BCUT2D eigenvalue weighted by molar-refractivity contribution is 0.613. The van der Waals surface area contributed by atoms with E-state index in [2.05, 4.69) is 23.8 Å². The smallest absolute Gasteiger partial charge is 0.123 e. The Balaban J connectivity index is 1.84. The Morgan fingerprint density at radius 1 is 1.26 bits per heavy atom. The number of halogens is 1. The highest BCUT2D eigenvalue weighted by atomic mass is 19.1. The molecule has 0 saturated carbocycles. The van der Waals surface area contributed by atoms with Crippen LogP contribution in [0.3, 0.4) is 0 Å². The van der Waals surface area contributed by atoms with Gasteiger partial charge < -0.3 is 10.6 Å². The van der Waals surface area contributed by atoms with Crippen LogP contribution in [-0.4, -0.2) is 6.67 Å². The van der Waals surface area contributed by atoms with Crippen molar-refractivity contribution in [2.24, 2.45) is 5.92 Å². The van der Waals surface area contributed by atoms with Gasteiger partial charge in [-0.15, -0.1) is 0 Å². The molecule has 0 aromatic heterocycles. The van der Waals surface area contributed by atoms with Gasteiger partial charge in [-0.2, -0.15) is 0 Å². The Morgan fingerprint density at radius 2 is 2.05 bits per heavy atom. The van der Waals surface area contributed by atoms with E-state index in [1.165, 1.54) is 28.8 Å². The molecule has 1 unspecified atom stereocenters. The molecule has 3 heteroatoms. The van der Waals surface area contributed by atoms with Gasteiger partial charge in [-0.3, -0.25) is 0 Å². The quantitative estimate of drug-likeness (QED) is 0.868. The van der Waals surface area contributed by atoms with Crippen molar-refractivity contribution in [2.75, 3.05) is 6.67 Å². The zero-order valence-electron chi connectivity index (χ0n) is 11.2. The number of benzene rings is 1. The lowest BCUT2D eigenvalue weighted by Gasteiger charge is -2.16. The number of hydrogen-bond donors (Lipinski definition) is 2. The first-order chi connectivity index (χ1) is 9.24. The van der Waals surface area contributed by atoms with Crippen molar-refractivity contribution in [1.82, 2.24) is 10.6 Å².